The van der Waals surface area contributed by atoms with Gasteiger partial charge in [-0.15, -0.1) is 11.6 Å². The number of ether oxygens (including phenoxy) is 1. The molecular formula is C11H10ClFN2O2. The summed E-state index contributed by atoms with van der Waals surface area (Å²) in [6.07, 6.45) is 0. The largest absolute Gasteiger partial charge is 0.494 e. The lowest BCUT2D eigenvalue weighted by molar-refractivity contribution is 0.386. The van der Waals surface area contributed by atoms with E-state index in [0.29, 0.717) is 11.4 Å². The van der Waals surface area contributed by atoms with Crippen LogP contribution in [0.15, 0.2) is 22.7 Å². The molecule has 0 aliphatic rings. The molecule has 0 saturated carbocycles. The molecule has 4 nitrogen and oxygen atoms in total. The highest BCUT2D eigenvalue weighted by atomic mass is 35.5. The first-order chi connectivity index (χ1) is 8.11. The number of aromatic nitrogens is 2. The predicted molar refractivity (Wildman–Crippen MR) is 60.5 cm³/mol. The van der Waals surface area contributed by atoms with Crippen LogP contribution in [0.1, 0.15) is 18.1 Å². The maximum atomic E-state index is 13.5. The van der Waals surface area contributed by atoms with Crippen molar-refractivity contribution in [3.63, 3.8) is 0 Å². The second-order valence-electron chi connectivity index (χ2n) is 3.42. The molecule has 2 aromatic rings. The summed E-state index contributed by atoms with van der Waals surface area (Å²) in [5, 5.41) is 3.34. The lowest BCUT2D eigenvalue weighted by Crippen LogP contribution is -1.89. The Kier molecular flexibility index (Phi) is 3.28. The quantitative estimate of drug-likeness (QED) is 0.792. The molecule has 0 aliphatic heterocycles. The zero-order chi connectivity index (χ0) is 12.4. The van der Waals surface area contributed by atoms with Crippen LogP contribution in [-0.4, -0.2) is 17.3 Å². The van der Waals surface area contributed by atoms with Gasteiger partial charge in [0, 0.05) is 5.56 Å². The number of halogens is 2. The van der Waals surface area contributed by atoms with Crippen LogP contribution in [0.25, 0.3) is 11.5 Å². The minimum absolute atomic E-state index is 0.166. The van der Waals surface area contributed by atoms with Crippen molar-refractivity contribution in [2.75, 3.05) is 7.11 Å². The van der Waals surface area contributed by atoms with E-state index in [1.54, 1.807) is 13.0 Å². The van der Waals surface area contributed by atoms with Crippen molar-refractivity contribution in [2.45, 2.75) is 12.3 Å². The van der Waals surface area contributed by atoms with E-state index >= 15 is 0 Å². The van der Waals surface area contributed by atoms with Gasteiger partial charge in [0.1, 0.15) is 0 Å². The van der Waals surface area contributed by atoms with E-state index in [4.69, 9.17) is 20.9 Å². The summed E-state index contributed by atoms with van der Waals surface area (Å²) in [7, 11) is 1.40. The predicted octanol–water partition coefficient (Wildman–Crippen LogP) is 3.18. The summed E-state index contributed by atoms with van der Waals surface area (Å²) in [5.74, 6) is 0.287. The van der Waals surface area contributed by atoms with Crippen molar-refractivity contribution in [3.05, 3.63) is 29.8 Å². The zero-order valence-corrected chi connectivity index (χ0v) is 10.0. The van der Waals surface area contributed by atoms with Gasteiger partial charge in [0.05, 0.1) is 12.5 Å². The minimum Gasteiger partial charge on any atom is -0.494 e. The highest BCUT2D eigenvalue weighted by molar-refractivity contribution is 6.20. The van der Waals surface area contributed by atoms with Crippen LogP contribution < -0.4 is 4.74 Å². The van der Waals surface area contributed by atoms with Crippen LogP contribution in [0.4, 0.5) is 4.39 Å². The van der Waals surface area contributed by atoms with E-state index in [0.717, 1.165) is 0 Å². The number of alkyl halides is 1. The van der Waals surface area contributed by atoms with Crippen molar-refractivity contribution in [3.8, 4) is 17.2 Å². The van der Waals surface area contributed by atoms with Gasteiger partial charge in [-0.05, 0) is 25.1 Å². The zero-order valence-electron chi connectivity index (χ0n) is 9.28. The van der Waals surface area contributed by atoms with Gasteiger partial charge in [0.15, 0.2) is 17.4 Å². The summed E-state index contributed by atoms with van der Waals surface area (Å²) in [6, 6.07) is 4.41. The van der Waals surface area contributed by atoms with E-state index < -0.39 is 5.82 Å². The third kappa shape index (κ3) is 2.39. The second kappa shape index (κ2) is 4.71. The fourth-order valence-corrected chi connectivity index (χ4v) is 1.40. The first-order valence-electron chi connectivity index (χ1n) is 4.93. The molecule has 0 amide bonds. The van der Waals surface area contributed by atoms with Crippen molar-refractivity contribution in [2.24, 2.45) is 0 Å². The van der Waals surface area contributed by atoms with E-state index in [9.17, 15) is 4.39 Å². The van der Waals surface area contributed by atoms with Crippen LogP contribution >= 0.6 is 11.6 Å². The van der Waals surface area contributed by atoms with Gasteiger partial charge in [0.2, 0.25) is 0 Å². The Morgan fingerprint density at radius 3 is 2.76 bits per heavy atom. The van der Waals surface area contributed by atoms with Crippen LogP contribution in [0.2, 0.25) is 0 Å². The molecule has 1 atom stereocenters. The molecule has 1 heterocycles. The number of hydrogen-bond acceptors (Lipinski definition) is 4. The minimum atomic E-state index is -0.483. The molecule has 1 aromatic carbocycles. The average molecular weight is 257 g/mol. The third-order valence-electron chi connectivity index (χ3n) is 2.20. The Morgan fingerprint density at radius 2 is 2.24 bits per heavy atom. The van der Waals surface area contributed by atoms with E-state index in [2.05, 4.69) is 10.1 Å². The van der Waals surface area contributed by atoms with Crippen LogP contribution in [0, 0.1) is 5.82 Å². The molecule has 0 saturated heterocycles. The van der Waals surface area contributed by atoms with Crippen LogP contribution in [-0.2, 0) is 0 Å². The molecule has 17 heavy (non-hydrogen) atoms. The van der Waals surface area contributed by atoms with E-state index in [-0.39, 0.29) is 17.0 Å². The second-order valence-corrected chi connectivity index (χ2v) is 4.08. The van der Waals surface area contributed by atoms with Gasteiger partial charge in [-0.1, -0.05) is 5.16 Å². The molecule has 1 aromatic heterocycles. The maximum absolute atomic E-state index is 13.5. The fourth-order valence-electron chi connectivity index (χ4n) is 1.31. The lowest BCUT2D eigenvalue weighted by Gasteiger charge is -2.01. The van der Waals surface area contributed by atoms with Crippen LogP contribution in [0.3, 0.4) is 0 Å². The fraction of sp³-hybridized carbons (Fsp3) is 0.273. The smallest absolute Gasteiger partial charge is 0.258 e. The number of benzene rings is 1. The highest BCUT2D eigenvalue weighted by Gasteiger charge is 2.14. The summed E-state index contributed by atoms with van der Waals surface area (Å²) < 4.78 is 23.3. The molecule has 6 heteroatoms. The van der Waals surface area contributed by atoms with Crippen LogP contribution in [0.5, 0.6) is 5.75 Å². The standard InChI is InChI=1S/C11H10ClFN2O2/c1-6(12)10-14-11(17-15-10)7-3-4-9(16-2)8(13)5-7/h3-6H,1-2H3. The molecule has 0 radical (unpaired) electrons. The third-order valence-corrected chi connectivity index (χ3v) is 2.39. The molecule has 0 N–H and O–H groups in total. The number of hydrogen-bond donors (Lipinski definition) is 0. The van der Waals surface area contributed by atoms with Crippen molar-refractivity contribution in [1.82, 2.24) is 10.1 Å². The normalized spacial score (nSPS) is 12.5. The van der Waals surface area contributed by atoms with Crippen molar-refractivity contribution in [1.29, 1.82) is 0 Å². The number of methoxy groups -OCH3 is 1. The van der Waals surface area contributed by atoms with E-state index in [1.807, 2.05) is 0 Å². The summed E-state index contributed by atoms with van der Waals surface area (Å²) >= 11 is 5.80. The summed E-state index contributed by atoms with van der Waals surface area (Å²) in [6.45, 7) is 1.73. The molecule has 0 aliphatic carbocycles. The van der Waals surface area contributed by atoms with Gasteiger partial charge >= 0.3 is 0 Å². The molecule has 1 unspecified atom stereocenters. The molecule has 0 spiro atoms. The Bertz CT molecular complexity index is 528. The van der Waals surface area contributed by atoms with Gasteiger partial charge in [-0.25, -0.2) is 4.39 Å². The molecule has 2 rings (SSSR count). The van der Waals surface area contributed by atoms with Gasteiger partial charge in [-0.2, -0.15) is 4.98 Å². The Morgan fingerprint density at radius 1 is 1.47 bits per heavy atom. The topological polar surface area (TPSA) is 48.2 Å². The number of rotatable bonds is 3. The first-order valence-corrected chi connectivity index (χ1v) is 5.37. The molecule has 0 fully saturated rings. The Hall–Kier alpha value is -1.62. The molecule has 90 valence electrons. The van der Waals surface area contributed by atoms with Gasteiger partial charge < -0.3 is 9.26 Å². The first kappa shape index (κ1) is 11.9. The molecule has 0 bridgehead atoms. The summed E-state index contributed by atoms with van der Waals surface area (Å²) in [4.78, 5) is 4.06. The van der Waals surface area contributed by atoms with Crippen molar-refractivity contribution < 1.29 is 13.7 Å². The number of nitrogens with zero attached hydrogens (tertiary/aromatic N) is 2. The lowest BCUT2D eigenvalue weighted by atomic mass is 10.2. The van der Waals surface area contributed by atoms with Gasteiger partial charge in [0.25, 0.3) is 5.89 Å². The Labute approximate surface area is 102 Å². The summed E-state index contributed by atoms with van der Waals surface area (Å²) in [5.41, 5.74) is 0.486. The van der Waals surface area contributed by atoms with E-state index in [1.165, 1.54) is 19.2 Å². The molecular weight excluding hydrogens is 247 g/mol. The monoisotopic (exact) mass is 256 g/mol. The van der Waals surface area contributed by atoms with Gasteiger partial charge in [-0.3, -0.25) is 0 Å². The average Bonchev–Trinajstić information content (AvgIpc) is 2.78. The van der Waals surface area contributed by atoms with Crippen molar-refractivity contribution >= 4 is 11.6 Å². The highest BCUT2D eigenvalue weighted by Crippen LogP contribution is 2.26. The maximum Gasteiger partial charge on any atom is 0.258 e. The SMILES string of the molecule is COc1ccc(-c2nc(C(C)Cl)no2)cc1F. The Balaban J connectivity index is 2.36.